The molecule has 0 aliphatic heterocycles. The molecule has 0 bridgehead atoms. The Bertz CT molecular complexity index is 545. The Morgan fingerprint density at radius 2 is 2.06 bits per heavy atom. The molecule has 0 spiro atoms. The molecule has 1 aromatic heterocycles. The Hall–Kier alpha value is -1.01. The lowest BCUT2D eigenvalue weighted by molar-refractivity contribution is 0.483. The van der Waals surface area contributed by atoms with Crippen molar-refractivity contribution in [2.75, 3.05) is 0 Å². The van der Waals surface area contributed by atoms with Crippen LogP contribution >= 0.6 is 22.9 Å². The van der Waals surface area contributed by atoms with Crippen LogP contribution in [0.1, 0.15) is 16.5 Å². The molecule has 18 heavy (non-hydrogen) atoms. The number of hydrogen-bond donors (Lipinski definition) is 2. The molecule has 0 amide bonds. The third-order valence-corrected chi connectivity index (χ3v) is 3.94. The van der Waals surface area contributed by atoms with E-state index in [0.29, 0.717) is 4.34 Å². The van der Waals surface area contributed by atoms with Crippen LogP contribution in [0.3, 0.4) is 0 Å². The fourth-order valence-corrected chi connectivity index (χ4v) is 2.80. The van der Waals surface area contributed by atoms with Crippen LogP contribution in [0.2, 0.25) is 4.34 Å². The van der Waals surface area contributed by atoms with E-state index >= 15 is 0 Å². The summed E-state index contributed by atoms with van der Waals surface area (Å²) in [6, 6.07) is 7.37. The molecule has 1 unspecified atom stereocenters. The minimum Gasteiger partial charge on any atom is -0.271 e. The highest BCUT2D eigenvalue weighted by Crippen LogP contribution is 2.29. The zero-order valence-corrected chi connectivity index (χ0v) is 10.9. The van der Waals surface area contributed by atoms with Gasteiger partial charge < -0.3 is 0 Å². The van der Waals surface area contributed by atoms with Crippen molar-refractivity contribution in [3.05, 3.63) is 56.7 Å². The van der Waals surface area contributed by atoms with E-state index in [1.807, 2.05) is 6.07 Å². The molecule has 1 aromatic carbocycles. The van der Waals surface area contributed by atoms with Gasteiger partial charge in [-0.15, -0.1) is 11.3 Å². The van der Waals surface area contributed by atoms with Gasteiger partial charge in [-0.25, -0.2) is 8.78 Å². The van der Waals surface area contributed by atoms with Crippen molar-refractivity contribution in [3.63, 3.8) is 0 Å². The van der Waals surface area contributed by atoms with Crippen molar-refractivity contribution in [2.24, 2.45) is 5.84 Å². The van der Waals surface area contributed by atoms with Gasteiger partial charge in [0.25, 0.3) is 0 Å². The average Bonchev–Trinajstić information content (AvgIpc) is 2.78. The lowest BCUT2D eigenvalue weighted by Gasteiger charge is -2.14. The number of thiophene rings is 1. The Morgan fingerprint density at radius 3 is 2.67 bits per heavy atom. The summed E-state index contributed by atoms with van der Waals surface area (Å²) < 4.78 is 27.3. The van der Waals surface area contributed by atoms with E-state index in [-0.39, 0.29) is 18.0 Å². The molecule has 1 heterocycles. The topological polar surface area (TPSA) is 38.0 Å². The molecular formula is C12H11ClF2N2S. The highest BCUT2D eigenvalue weighted by Gasteiger charge is 2.16. The Kier molecular flexibility index (Phi) is 4.29. The van der Waals surface area contributed by atoms with Gasteiger partial charge in [0, 0.05) is 4.88 Å². The van der Waals surface area contributed by atoms with Crippen LogP contribution in [0.25, 0.3) is 0 Å². The van der Waals surface area contributed by atoms with Gasteiger partial charge in [0.05, 0.1) is 10.4 Å². The van der Waals surface area contributed by atoms with Crippen LogP contribution in [-0.2, 0) is 6.42 Å². The van der Waals surface area contributed by atoms with E-state index in [4.69, 9.17) is 17.4 Å². The first kappa shape index (κ1) is 13.4. The van der Waals surface area contributed by atoms with Gasteiger partial charge in [0.2, 0.25) is 0 Å². The number of hydrazine groups is 1. The highest BCUT2D eigenvalue weighted by molar-refractivity contribution is 7.16. The minimum atomic E-state index is -0.854. The maximum atomic E-state index is 13.6. The Balaban J connectivity index is 2.23. The predicted molar refractivity (Wildman–Crippen MR) is 69.5 cm³/mol. The van der Waals surface area contributed by atoms with Crippen molar-refractivity contribution in [2.45, 2.75) is 12.5 Å². The highest BCUT2D eigenvalue weighted by atomic mass is 35.5. The normalized spacial score (nSPS) is 12.7. The number of rotatable bonds is 4. The molecule has 0 saturated heterocycles. The van der Waals surface area contributed by atoms with Crippen molar-refractivity contribution in [3.8, 4) is 0 Å². The summed E-state index contributed by atoms with van der Waals surface area (Å²) in [6.07, 6.45) is 0.261. The molecule has 1 atom stereocenters. The van der Waals surface area contributed by atoms with Crippen molar-refractivity contribution >= 4 is 22.9 Å². The summed E-state index contributed by atoms with van der Waals surface area (Å²) in [5, 5.41) is 0. The van der Waals surface area contributed by atoms with Gasteiger partial charge in [-0.2, -0.15) is 0 Å². The van der Waals surface area contributed by atoms with Crippen LogP contribution < -0.4 is 11.3 Å². The monoisotopic (exact) mass is 288 g/mol. The van der Waals surface area contributed by atoms with Gasteiger partial charge in [-0.3, -0.25) is 11.3 Å². The zero-order valence-electron chi connectivity index (χ0n) is 9.29. The molecule has 0 fully saturated rings. The summed E-state index contributed by atoms with van der Waals surface area (Å²) in [5.74, 6) is 3.76. The fraction of sp³-hybridized carbons (Fsp3) is 0.167. The predicted octanol–water partition coefficient (Wildman–Crippen LogP) is 3.43. The maximum Gasteiger partial charge on any atom is 0.162 e. The quantitative estimate of drug-likeness (QED) is 0.668. The summed E-state index contributed by atoms with van der Waals surface area (Å²) in [7, 11) is 0. The molecule has 96 valence electrons. The van der Waals surface area contributed by atoms with E-state index in [1.165, 1.54) is 23.5 Å². The van der Waals surface area contributed by atoms with Gasteiger partial charge in [-0.1, -0.05) is 23.7 Å². The maximum absolute atomic E-state index is 13.6. The van der Waals surface area contributed by atoms with E-state index in [2.05, 4.69) is 5.43 Å². The zero-order chi connectivity index (χ0) is 13.1. The first-order valence-corrected chi connectivity index (χ1v) is 6.45. The fourth-order valence-electron chi connectivity index (χ4n) is 1.68. The lowest BCUT2D eigenvalue weighted by Crippen LogP contribution is -2.29. The largest absolute Gasteiger partial charge is 0.271 e. The van der Waals surface area contributed by atoms with Crippen molar-refractivity contribution < 1.29 is 8.78 Å². The number of nitrogens with two attached hydrogens (primary N) is 1. The van der Waals surface area contributed by atoms with E-state index in [1.54, 1.807) is 6.07 Å². The second kappa shape index (κ2) is 5.75. The van der Waals surface area contributed by atoms with E-state index < -0.39 is 11.6 Å². The number of benzene rings is 1. The van der Waals surface area contributed by atoms with Crippen LogP contribution in [0.4, 0.5) is 8.78 Å². The third-order valence-electron chi connectivity index (χ3n) is 2.59. The van der Waals surface area contributed by atoms with Gasteiger partial charge in [0.15, 0.2) is 11.6 Å². The summed E-state index contributed by atoms with van der Waals surface area (Å²) in [5.41, 5.74) is 2.87. The summed E-state index contributed by atoms with van der Waals surface area (Å²) in [6.45, 7) is 0. The van der Waals surface area contributed by atoms with E-state index in [0.717, 1.165) is 10.9 Å². The first-order valence-electron chi connectivity index (χ1n) is 5.26. The summed E-state index contributed by atoms with van der Waals surface area (Å²) in [4.78, 5) is 0.881. The van der Waals surface area contributed by atoms with Gasteiger partial charge in [-0.05, 0) is 30.2 Å². The number of halogens is 3. The van der Waals surface area contributed by atoms with Gasteiger partial charge >= 0.3 is 0 Å². The van der Waals surface area contributed by atoms with Gasteiger partial charge in [0.1, 0.15) is 0 Å². The first-order chi connectivity index (χ1) is 8.61. The molecule has 0 radical (unpaired) electrons. The van der Waals surface area contributed by atoms with Crippen LogP contribution in [0.15, 0.2) is 30.3 Å². The molecule has 3 N–H and O–H groups in total. The third kappa shape index (κ3) is 2.87. The summed E-state index contributed by atoms with van der Waals surface area (Å²) >= 11 is 7.19. The number of nitrogens with one attached hydrogen (secondary N) is 1. The molecular weight excluding hydrogens is 278 g/mol. The van der Waals surface area contributed by atoms with Crippen molar-refractivity contribution in [1.82, 2.24) is 5.43 Å². The number of hydrogen-bond acceptors (Lipinski definition) is 3. The average molecular weight is 289 g/mol. The lowest BCUT2D eigenvalue weighted by atomic mass is 10.0. The molecule has 0 aliphatic carbocycles. The molecule has 0 aliphatic rings. The van der Waals surface area contributed by atoms with Crippen LogP contribution in [0, 0.1) is 11.6 Å². The molecule has 6 heteroatoms. The van der Waals surface area contributed by atoms with E-state index in [9.17, 15) is 8.78 Å². The Morgan fingerprint density at radius 1 is 1.28 bits per heavy atom. The van der Waals surface area contributed by atoms with Crippen molar-refractivity contribution in [1.29, 1.82) is 0 Å². The molecule has 2 rings (SSSR count). The second-order valence-corrected chi connectivity index (χ2v) is 5.52. The van der Waals surface area contributed by atoms with Crippen LogP contribution in [0.5, 0.6) is 0 Å². The minimum absolute atomic E-state index is 0.261. The standard InChI is InChI=1S/C12H11ClF2N2S/c13-11-5-4-10(18-11)9(17-16)6-7-2-1-3-8(14)12(7)15/h1-5,9,17H,6,16H2. The van der Waals surface area contributed by atoms with Crippen LogP contribution in [-0.4, -0.2) is 0 Å². The SMILES string of the molecule is NNC(Cc1cccc(F)c1F)c1ccc(Cl)s1. The molecule has 0 saturated carbocycles. The smallest absolute Gasteiger partial charge is 0.162 e. The Labute approximate surface area is 112 Å². The molecule has 2 aromatic rings. The second-order valence-electron chi connectivity index (χ2n) is 3.78. The molecule has 2 nitrogen and oxygen atoms in total.